The van der Waals surface area contributed by atoms with Gasteiger partial charge in [-0.3, -0.25) is 9.48 Å². The van der Waals surface area contributed by atoms with Crippen molar-refractivity contribution in [3.8, 4) is 0 Å². The van der Waals surface area contributed by atoms with Crippen molar-refractivity contribution in [2.24, 2.45) is 7.05 Å². The molecule has 2 atom stereocenters. The average molecular weight is 363 g/mol. The summed E-state index contributed by atoms with van der Waals surface area (Å²) < 4.78 is 2.58. The summed E-state index contributed by atoms with van der Waals surface area (Å²) in [6.45, 7) is 8.43. The molecule has 1 amide bonds. The van der Waals surface area contributed by atoms with Crippen LogP contribution in [-0.4, -0.2) is 32.7 Å². The van der Waals surface area contributed by atoms with E-state index in [1.807, 2.05) is 11.9 Å². The van der Waals surface area contributed by atoms with Gasteiger partial charge in [0, 0.05) is 19.1 Å². The molecule has 0 spiro atoms. The van der Waals surface area contributed by atoms with E-state index in [0.29, 0.717) is 5.69 Å². The van der Waals surface area contributed by atoms with E-state index in [9.17, 15) is 4.79 Å². The zero-order valence-electron chi connectivity index (χ0n) is 11.8. The molecule has 4 nitrogen and oxygen atoms in total. The maximum absolute atomic E-state index is 12.7. The normalized spacial score (nSPS) is 14.3. The van der Waals surface area contributed by atoms with Crippen LogP contribution in [0.2, 0.25) is 0 Å². The highest BCUT2D eigenvalue weighted by molar-refractivity contribution is 14.1. The fourth-order valence-electron chi connectivity index (χ4n) is 2.00. The van der Waals surface area contributed by atoms with E-state index in [1.54, 1.807) is 10.9 Å². The molecule has 102 valence electrons. The number of hydrogen-bond acceptors (Lipinski definition) is 2. The van der Waals surface area contributed by atoms with E-state index in [-0.39, 0.29) is 18.0 Å². The Balaban J connectivity index is 3.10. The third-order valence-corrected chi connectivity index (χ3v) is 4.25. The lowest BCUT2D eigenvalue weighted by molar-refractivity contribution is 0.0585. The number of rotatable bonds is 5. The van der Waals surface area contributed by atoms with Gasteiger partial charge >= 0.3 is 0 Å². The summed E-state index contributed by atoms with van der Waals surface area (Å²) in [6, 6.07) is 0.497. The van der Waals surface area contributed by atoms with Gasteiger partial charge in [0.1, 0.15) is 5.69 Å². The molecule has 1 aromatic rings. The van der Waals surface area contributed by atoms with Gasteiger partial charge in [-0.1, -0.05) is 13.8 Å². The first-order valence-corrected chi connectivity index (χ1v) is 7.51. The molecule has 0 N–H and O–H groups in total. The van der Waals surface area contributed by atoms with Gasteiger partial charge in [-0.25, -0.2) is 0 Å². The first-order valence-electron chi connectivity index (χ1n) is 6.44. The van der Waals surface area contributed by atoms with Crippen molar-refractivity contribution < 1.29 is 4.79 Å². The van der Waals surface area contributed by atoms with E-state index in [1.165, 1.54) is 0 Å². The Labute approximate surface area is 123 Å². The molecule has 0 aliphatic carbocycles. The zero-order valence-corrected chi connectivity index (χ0v) is 13.9. The molecular weight excluding hydrogens is 341 g/mol. The smallest absolute Gasteiger partial charge is 0.273 e. The lowest BCUT2D eigenvalue weighted by Gasteiger charge is -2.34. The van der Waals surface area contributed by atoms with Crippen LogP contribution < -0.4 is 0 Å². The molecule has 0 bridgehead atoms. The molecule has 18 heavy (non-hydrogen) atoms. The fraction of sp³-hybridized carbons (Fsp3) is 0.692. The number of amides is 1. The molecule has 0 aliphatic heterocycles. The van der Waals surface area contributed by atoms with Crippen molar-refractivity contribution in [1.82, 2.24) is 14.7 Å². The molecule has 1 rings (SSSR count). The fourth-order valence-corrected chi connectivity index (χ4v) is 2.71. The van der Waals surface area contributed by atoms with Gasteiger partial charge in [-0.15, -0.1) is 0 Å². The number of aromatic nitrogens is 2. The average Bonchev–Trinajstić information content (AvgIpc) is 2.68. The summed E-state index contributed by atoms with van der Waals surface area (Å²) >= 11 is 2.17. The van der Waals surface area contributed by atoms with Crippen LogP contribution in [0.3, 0.4) is 0 Å². The number of carbonyl (C=O) groups excluding carboxylic acids is 1. The quantitative estimate of drug-likeness (QED) is 0.755. The van der Waals surface area contributed by atoms with E-state index in [0.717, 1.165) is 16.4 Å². The molecule has 0 saturated carbocycles. The molecular formula is C13H22IN3O. The lowest BCUT2D eigenvalue weighted by atomic mass is 10.1. The number of halogens is 1. The minimum absolute atomic E-state index is 0.0862. The van der Waals surface area contributed by atoms with Crippen LogP contribution in [0.4, 0.5) is 0 Å². The molecule has 0 fully saturated rings. The van der Waals surface area contributed by atoms with Crippen LogP contribution in [0.5, 0.6) is 0 Å². The third kappa shape index (κ3) is 3.05. The van der Waals surface area contributed by atoms with Gasteiger partial charge in [0.05, 0.1) is 9.77 Å². The number of hydrogen-bond donors (Lipinski definition) is 0. The van der Waals surface area contributed by atoms with Gasteiger partial charge in [0.15, 0.2) is 0 Å². The van der Waals surface area contributed by atoms with Crippen LogP contribution in [0.1, 0.15) is 51.0 Å². The molecule has 0 saturated heterocycles. The summed E-state index contributed by atoms with van der Waals surface area (Å²) in [5, 5.41) is 4.15. The van der Waals surface area contributed by atoms with Crippen LogP contribution in [0.25, 0.3) is 0 Å². The maximum Gasteiger partial charge on any atom is 0.273 e. The minimum atomic E-state index is 0.0862. The molecule has 1 aromatic heterocycles. The maximum atomic E-state index is 12.7. The van der Waals surface area contributed by atoms with Crippen molar-refractivity contribution in [3.05, 3.63) is 15.5 Å². The molecule has 1 heterocycles. The Kier molecular flexibility index (Phi) is 5.62. The van der Waals surface area contributed by atoms with Crippen LogP contribution in [0, 0.1) is 3.57 Å². The topological polar surface area (TPSA) is 38.1 Å². The van der Waals surface area contributed by atoms with E-state index in [2.05, 4.69) is 55.4 Å². The second-order valence-electron chi connectivity index (χ2n) is 4.69. The number of aryl methyl sites for hydroxylation is 1. The van der Waals surface area contributed by atoms with Gasteiger partial charge in [-0.2, -0.15) is 5.10 Å². The largest absolute Gasteiger partial charge is 0.332 e. The van der Waals surface area contributed by atoms with Crippen LogP contribution in [0.15, 0.2) is 6.20 Å². The second-order valence-corrected chi connectivity index (χ2v) is 5.85. The van der Waals surface area contributed by atoms with Crippen molar-refractivity contribution >= 4 is 28.5 Å². The lowest BCUT2D eigenvalue weighted by Crippen LogP contribution is -2.45. The Morgan fingerprint density at radius 3 is 2.22 bits per heavy atom. The van der Waals surface area contributed by atoms with Crippen LogP contribution >= 0.6 is 22.6 Å². The predicted octanol–water partition coefficient (Wildman–Crippen LogP) is 3.06. The number of nitrogens with zero attached hydrogens (tertiary/aromatic N) is 3. The zero-order chi connectivity index (χ0) is 13.9. The summed E-state index contributed by atoms with van der Waals surface area (Å²) in [7, 11) is 1.82. The second kappa shape index (κ2) is 6.54. The van der Waals surface area contributed by atoms with Crippen molar-refractivity contribution in [2.75, 3.05) is 0 Å². The van der Waals surface area contributed by atoms with Crippen molar-refractivity contribution in [1.29, 1.82) is 0 Å². The Morgan fingerprint density at radius 1 is 1.39 bits per heavy atom. The van der Waals surface area contributed by atoms with Crippen LogP contribution in [-0.2, 0) is 7.05 Å². The van der Waals surface area contributed by atoms with Gasteiger partial charge in [-0.05, 0) is 49.3 Å². The van der Waals surface area contributed by atoms with E-state index < -0.39 is 0 Å². The standard InChI is InChI=1S/C13H22IN3O/c1-6-9(3)17(10(4)7-2)13(18)12-11(14)8-15-16(12)5/h8-10H,6-7H2,1-5H3/t9-,10-/m0/s1. The summed E-state index contributed by atoms with van der Waals surface area (Å²) in [5.41, 5.74) is 0.691. The molecule has 5 heteroatoms. The van der Waals surface area contributed by atoms with Gasteiger partial charge in [0.25, 0.3) is 5.91 Å². The minimum Gasteiger partial charge on any atom is -0.332 e. The first-order chi connectivity index (χ1) is 8.43. The molecule has 0 unspecified atom stereocenters. The van der Waals surface area contributed by atoms with E-state index in [4.69, 9.17) is 0 Å². The Bertz CT molecular complexity index is 387. The molecule has 0 radical (unpaired) electrons. The van der Waals surface area contributed by atoms with Crippen molar-refractivity contribution in [3.63, 3.8) is 0 Å². The highest BCUT2D eigenvalue weighted by Gasteiger charge is 2.28. The van der Waals surface area contributed by atoms with Crippen molar-refractivity contribution in [2.45, 2.75) is 52.6 Å². The summed E-state index contributed by atoms with van der Waals surface area (Å²) in [5.74, 6) is 0.0862. The Hall–Kier alpha value is -0.590. The number of carbonyl (C=O) groups is 1. The SMILES string of the molecule is CC[C@H](C)N(C(=O)c1c(I)cnn1C)[C@@H](C)CC. The highest BCUT2D eigenvalue weighted by atomic mass is 127. The third-order valence-electron chi connectivity index (χ3n) is 3.46. The van der Waals surface area contributed by atoms with E-state index >= 15 is 0 Å². The first kappa shape index (κ1) is 15.5. The highest BCUT2D eigenvalue weighted by Crippen LogP contribution is 2.19. The monoisotopic (exact) mass is 363 g/mol. The summed E-state index contributed by atoms with van der Waals surface area (Å²) in [6.07, 6.45) is 3.66. The van der Waals surface area contributed by atoms with Gasteiger partial charge < -0.3 is 4.90 Å². The summed E-state index contributed by atoms with van der Waals surface area (Å²) in [4.78, 5) is 14.7. The molecule has 0 aromatic carbocycles. The Morgan fingerprint density at radius 2 is 1.89 bits per heavy atom. The predicted molar refractivity (Wildman–Crippen MR) is 81.6 cm³/mol. The molecule has 0 aliphatic rings. The van der Waals surface area contributed by atoms with Gasteiger partial charge in [0.2, 0.25) is 0 Å².